The van der Waals surface area contributed by atoms with Crippen molar-refractivity contribution in [3.63, 3.8) is 0 Å². The summed E-state index contributed by atoms with van der Waals surface area (Å²) in [5, 5.41) is 5.50. The third-order valence-corrected chi connectivity index (χ3v) is 2.05. The van der Waals surface area contributed by atoms with Crippen molar-refractivity contribution in [2.45, 2.75) is 6.92 Å². The summed E-state index contributed by atoms with van der Waals surface area (Å²) in [7, 11) is 0. The van der Waals surface area contributed by atoms with Gasteiger partial charge in [-0.25, -0.2) is 4.39 Å². The second-order valence-electron chi connectivity index (χ2n) is 3.43. The molecule has 1 aromatic carbocycles. The molecule has 0 aliphatic carbocycles. The minimum absolute atomic E-state index is 0.183. The molecule has 0 unspecified atom stereocenters. The van der Waals surface area contributed by atoms with E-state index >= 15 is 0 Å². The predicted octanol–water partition coefficient (Wildman–Crippen LogP) is 1.85. The molecule has 0 aliphatic heterocycles. The molecule has 0 aliphatic rings. The van der Waals surface area contributed by atoms with Crippen LogP contribution in [0, 0.1) is 12.7 Å². The second kappa shape index (κ2) is 6.02. The lowest BCUT2D eigenvalue weighted by Gasteiger charge is -2.08. The van der Waals surface area contributed by atoms with E-state index in [1.54, 1.807) is 12.1 Å². The first kappa shape index (κ1) is 12.4. The molecule has 0 bridgehead atoms. The van der Waals surface area contributed by atoms with Crippen LogP contribution in [0.5, 0.6) is 0 Å². The van der Waals surface area contributed by atoms with Gasteiger partial charge >= 0.3 is 0 Å². The maximum Gasteiger partial charge on any atom is 0.238 e. The van der Waals surface area contributed by atoms with Gasteiger partial charge in [0, 0.05) is 12.2 Å². The molecule has 1 amide bonds. The molecule has 0 atom stereocenters. The van der Waals surface area contributed by atoms with Crippen LogP contribution in [0.4, 0.5) is 10.1 Å². The van der Waals surface area contributed by atoms with Crippen LogP contribution in [0.1, 0.15) is 5.56 Å². The maximum atomic E-state index is 12.9. The molecule has 0 aromatic heterocycles. The normalized spacial score (nSPS) is 9.88. The minimum atomic E-state index is -0.361. The smallest absolute Gasteiger partial charge is 0.238 e. The van der Waals surface area contributed by atoms with Crippen LogP contribution in [-0.2, 0) is 4.79 Å². The van der Waals surface area contributed by atoms with E-state index in [1.807, 2.05) is 6.92 Å². The molecule has 0 radical (unpaired) electrons. The van der Waals surface area contributed by atoms with E-state index in [4.69, 9.17) is 0 Å². The number of anilines is 1. The lowest BCUT2D eigenvalue weighted by atomic mass is 10.2. The van der Waals surface area contributed by atoms with Crippen molar-refractivity contribution in [3.8, 4) is 0 Å². The van der Waals surface area contributed by atoms with Crippen LogP contribution in [0.25, 0.3) is 0 Å². The van der Waals surface area contributed by atoms with Crippen LogP contribution >= 0.6 is 0 Å². The molecular formula is C12H15FN2O. The summed E-state index contributed by atoms with van der Waals surface area (Å²) in [6.07, 6.45) is 1.67. The quantitative estimate of drug-likeness (QED) is 0.589. The molecule has 0 spiro atoms. The van der Waals surface area contributed by atoms with Gasteiger partial charge in [-0.2, -0.15) is 0 Å². The van der Waals surface area contributed by atoms with Gasteiger partial charge in [0.05, 0.1) is 6.54 Å². The average Bonchev–Trinajstić information content (AvgIpc) is 2.24. The number of hydrogen-bond acceptors (Lipinski definition) is 2. The monoisotopic (exact) mass is 222 g/mol. The molecule has 0 saturated carbocycles. The van der Waals surface area contributed by atoms with Crippen molar-refractivity contribution in [1.29, 1.82) is 0 Å². The number of benzene rings is 1. The van der Waals surface area contributed by atoms with Crippen LogP contribution in [-0.4, -0.2) is 19.0 Å². The molecule has 0 heterocycles. The Labute approximate surface area is 94.4 Å². The SMILES string of the molecule is C=CCNCC(=O)Nc1cc(F)ccc1C. The number of hydrogen-bond donors (Lipinski definition) is 2. The summed E-state index contributed by atoms with van der Waals surface area (Å²) in [5.74, 6) is -0.560. The van der Waals surface area contributed by atoms with Crippen molar-refractivity contribution in [3.05, 3.63) is 42.2 Å². The van der Waals surface area contributed by atoms with Crippen molar-refractivity contribution in [1.82, 2.24) is 5.32 Å². The van der Waals surface area contributed by atoms with E-state index in [-0.39, 0.29) is 18.3 Å². The van der Waals surface area contributed by atoms with Gasteiger partial charge in [0.2, 0.25) is 5.91 Å². The maximum absolute atomic E-state index is 12.9. The van der Waals surface area contributed by atoms with E-state index in [1.165, 1.54) is 12.1 Å². The molecule has 2 N–H and O–H groups in total. The highest BCUT2D eigenvalue weighted by Crippen LogP contribution is 2.15. The van der Waals surface area contributed by atoms with Crippen molar-refractivity contribution in [2.24, 2.45) is 0 Å². The van der Waals surface area contributed by atoms with Crippen LogP contribution in [0.3, 0.4) is 0 Å². The van der Waals surface area contributed by atoms with Gasteiger partial charge in [-0.3, -0.25) is 4.79 Å². The lowest BCUT2D eigenvalue weighted by molar-refractivity contribution is -0.115. The van der Waals surface area contributed by atoms with E-state index in [2.05, 4.69) is 17.2 Å². The third kappa shape index (κ3) is 3.82. The molecule has 0 fully saturated rings. The summed E-state index contributed by atoms with van der Waals surface area (Å²) in [5.41, 5.74) is 1.34. The molecular weight excluding hydrogens is 207 g/mol. The van der Waals surface area contributed by atoms with E-state index in [0.717, 1.165) is 5.56 Å². The third-order valence-electron chi connectivity index (χ3n) is 2.05. The summed E-state index contributed by atoms with van der Waals surface area (Å²) < 4.78 is 12.9. The van der Waals surface area contributed by atoms with Crippen LogP contribution < -0.4 is 10.6 Å². The summed E-state index contributed by atoms with van der Waals surface area (Å²) in [6.45, 7) is 6.08. The number of rotatable bonds is 5. The van der Waals surface area contributed by atoms with Gasteiger partial charge in [0.15, 0.2) is 0 Å². The van der Waals surface area contributed by atoms with Crippen LogP contribution in [0.15, 0.2) is 30.9 Å². The number of aryl methyl sites for hydroxylation is 1. The molecule has 1 aromatic rings. The number of carbonyl (C=O) groups excluding carboxylic acids is 1. The van der Waals surface area contributed by atoms with E-state index in [0.29, 0.717) is 12.2 Å². The average molecular weight is 222 g/mol. The predicted molar refractivity (Wildman–Crippen MR) is 62.8 cm³/mol. The fourth-order valence-electron chi connectivity index (χ4n) is 1.21. The van der Waals surface area contributed by atoms with E-state index in [9.17, 15) is 9.18 Å². The summed E-state index contributed by atoms with van der Waals surface area (Å²) in [4.78, 5) is 11.4. The standard InChI is InChI=1S/C12H15FN2O/c1-3-6-14-8-12(16)15-11-7-10(13)5-4-9(11)2/h3-5,7,14H,1,6,8H2,2H3,(H,15,16). The summed E-state index contributed by atoms with van der Waals surface area (Å²) in [6, 6.07) is 4.30. The second-order valence-corrected chi connectivity index (χ2v) is 3.43. The lowest BCUT2D eigenvalue weighted by Crippen LogP contribution is -2.28. The van der Waals surface area contributed by atoms with Gasteiger partial charge in [-0.1, -0.05) is 12.1 Å². The zero-order chi connectivity index (χ0) is 12.0. The highest BCUT2D eigenvalue weighted by molar-refractivity contribution is 5.92. The Kier molecular flexibility index (Phi) is 4.66. The highest BCUT2D eigenvalue weighted by atomic mass is 19.1. The van der Waals surface area contributed by atoms with Gasteiger partial charge in [0.1, 0.15) is 5.82 Å². The molecule has 1 rings (SSSR count). The molecule has 16 heavy (non-hydrogen) atoms. The first-order valence-corrected chi connectivity index (χ1v) is 5.01. The Morgan fingerprint density at radius 1 is 1.56 bits per heavy atom. The van der Waals surface area contributed by atoms with Crippen LogP contribution in [0.2, 0.25) is 0 Å². The Hall–Kier alpha value is -1.68. The van der Waals surface area contributed by atoms with Crippen molar-refractivity contribution < 1.29 is 9.18 Å². The van der Waals surface area contributed by atoms with E-state index < -0.39 is 0 Å². The fraction of sp³-hybridized carbons (Fsp3) is 0.250. The minimum Gasteiger partial charge on any atom is -0.325 e. The number of nitrogens with one attached hydrogen (secondary N) is 2. The zero-order valence-electron chi connectivity index (χ0n) is 9.22. The largest absolute Gasteiger partial charge is 0.325 e. The number of amides is 1. The Morgan fingerprint density at radius 2 is 2.31 bits per heavy atom. The molecule has 86 valence electrons. The van der Waals surface area contributed by atoms with Crippen molar-refractivity contribution in [2.75, 3.05) is 18.4 Å². The van der Waals surface area contributed by atoms with Gasteiger partial charge in [-0.05, 0) is 24.6 Å². The molecule has 0 saturated heterocycles. The topological polar surface area (TPSA) is 41.1 Å². The fourth-order valence-corrected chi connectivity index (χ4v) is 1.21. The highest BCUT2D eigenvalue weighted by Gasteiger charge is 2.04. The Balaban J connectivity index is 2.55. The summed E-state index contributed by atoms with van der Waals surface area (Å²) >= 11 is 0. The molecule has 3 nitrogen and oxygen atoms in total. The Bertz CT molecular complexity index is 391. The number of halogens is 1. The first-order valence-electron chi connectivity index (χ1n) is 5.01. The Morgan fingerprint density at radius 3 is 3.00 bits per heavy atom. The first-order chi connectivity index (χ1) is 7.63. The van der Waals surface area contributed by atoms with Gasteiger partial charge in [-0.15, -0.1) is 6.58 Å². The van der Waals surface area contributed by atoms with Crippen molar-refractivity contribution >= 4 is 11.6 Å². The van der Waals surface area contributed by atoms with Gasteiger partial charge < -0.3 is 10.6 Å². The van der Waals surface area contributed by atoms with Gasteiger partial charge in [0.25, 0.3) is 0 Å². The zero-order valence-corrected chi connectivity index (χ0v) is 9.22. The molecule has 4 heteroatoms. The number of carbonyl (C=O) groups is 1.